The molecule has 0 saturated heterocycles. The summed E-state index contributed by atoms with van der Waals surface area (Å²) >= 11 is 0.556. The van der Waals surface area contributed by atoms with Gasteiger partial charge < -0.3 is 0 Å². The van der Waals surface area contributed by atoms with Crippen molar-refractivity contribution in [2.45, 2.75) is 0 Å². The molecule has 0 unspecified atom stereocenters. The van der Waals surface area contributed by atoms with Crippen LogP contribution in [0.2, 0.25) is 0 Å². The molecule has 4 heteroatoms. The molecular formula is H8AlBMgSi. The summed E-state index contributed by atoms with van der Waals surface area (Å²) in [5.74, 6) is 0. The quantitative estimate of drug-likeness (QED) is 0.274. The van der Waals surface area contributed by atoms with E-state index in [4.69, 9.17) is 0 Å². The Morgan fingerprint density at radius 2 is 1.75 bits per heavy atom. The van der Waals surface area contributed by atoms with Crippen molar-refractivity contribution in [2.24, 2.45) is 0 Å². The molecule has 0 N–H and O–H groups in total. The number of rotatable bonds is 0. The Morgan fingerprint density at radius 3 is 1.75 bits per heavy atom. The predicted molar refractivity (Wildman–Crippen MR) is 34.2 cm³/mol. The minimum atomic E-state index is 0. The Labute approximate surface area is 52.7 Å². The Hall–Kier alpha value is 1.58. The highest BCUT2D eigenvalue weighted by molar-refractivity contribution is 7.17. The molecule has 0 aliphatic rings. The maximum atomic E-state index is 2.33. The zero-order valence-corrected chi connectivity index (χ0v) is 6.12. The fourth-order valence-corrected chi connectivity index (χ4v) is 0. The third kappa shape index (κ3) is 9.54. The lowest BCUT2D eigenvalue weighted by Crippen LogP contribution is -1.79. The molecule has 0 spiro atoms. The molecule has 0 atom stereocenters. The Kier molecular flexibility index (Phi) is 20.1. The average molecular weight is 98.2 g/mol. The fourth-order valence-electron chi connectivity index (χ4n) is 0. The molecule has 0 radical (unpaired) electrons. The molecule has 0 nitrogen and oxygen atoms in total. The van der Waals surface area contributed by atoms with Gasteiger partial charge in [0.15, 0.2) is 14.4 Å². The SMILES string of the molecule is [BH2][AlH][SiH3].[MgH2]. The van der Waals surface area contributed by atoms with Gasteiger partial charge in [0.1, 0.15) is 0 Å². The summed E-state index contributed by atoms with van der Waals surface area (Å²) in [6.45, 7) is 2.33. The molecule has 0 aromatic heterocycles. The van der Waals surface area contributed by atoms with Crippen LogP contribution in [-0.2, 0) is 0 Å². The highest BCUT2D eigenvalue weighted by Gasteiger charge is 1.50. The predicted octanol–water partition coefficient (Wildman–Crippen LogP) is -3.66. The maximum Gasteiger partial charge on any atom is 0.316 e. The van der Waals surface area contributed by atoms with E-state index in [0.717, 1.165) is 0 Å². The maximum absolute atomic E-state index is 2.33. The molecule has 0 aliphatic heterocycles. The summed E-state index contributed by atoms with van der Waals surface area (Å²) < 4.78 is 0. The first-order valence-electron chi connectivity index (χ1n) is 1.41. The average Bonchev–Trinajstić information content (AvgIpc) is 0.918. The Bertz CT molecular complexity index is 8.00. The van der Waals surface area contributed by atoms with Crippen LogP contribution in [0.5, 0.6) is 0 Å². The van der Waals surface area contributed by atoms with Gasteiger partial charge in [0.05, 0.1) is 0 Å². The van der Waals surface area contributed by atoms with Crippen LogP contribution in [0.3, 0.4) is 0 Å². The molecule has 0 amide bonds. The summed E-state index contributed by atoms with van der Waals surface area (Å²) in [6, 6.07) is 0. The van der Waals surface area contributed by atoms with E-state index in [-0.39, 0.29) is 23.1 Å². The molecule has 0 saturated carbocycles. The first kappa shape index (κ1) is 9.13. The molecular weight excluding hydrogens is 90.2 g/mol. The van der Waals surface area contributed by atoms with Crippen LogP contribution in [0, 0.1) is 0 Å². The lowest BCUT2D eigenvalue weighted by atomic mass is 10.8. The van der Waals surface area contributed by atoms with Gasteiger partial charge in [0.2, 0.25) is 0 Å². The molecule has 20 valence electrons. The monoisotopic (exact) mass is 98.0 g/mol. The van der Waals surface area contributed by atoms with Gasteiger partial charge in [0.25, 0.3) is 0 Å². The first-order valence-corrected chi connectivity index (χ1v) is 8.49. The van der Waals surface area contributed by atoms with Gasteiger partial charge in [-0.1, -0.05) is 8.80 Å². The van der Waals surface area contributed by atoms with E-state index in [1.807, 2.05) is 0 Å². The van der Waals surface area contributed by atoms with E-state index in [1.165, 1.54) is 8.80 Å². The lowest BCUT2D eigenvalue weighted by molar-refractivity contribution is 4.34. The van der Waals surface area contributed by atoms with Crippen molar-refractivity contribution in [3.63, 3.8) is 0 Å². The van der Waals surface area contributed by atoms with Crippen LogP contribution in [0.1, 0.15) is 0 Å². The standard InChI is InChI=1S/Al.BH2.Mg.H3Si.3H/h;1H2;;1H3;;;/q-1;+1;;;;;. The highest BCUT2D eigenvalue weighted by Crippen LogP contribution is 1.03. The highest BCUT2D eigenvalue weighted by atomic mass is 28.7. The van der Waals surface area contributed by atoms with E-state index in [2.05, 4.69) is 6.62 Å². The van der Waals surface area contributed by atoms with Gasteiger partial charge in [-0.2, -0.15) is 0 Å². The number of hydrogen-bond donors (Lipinski definition) is 0. The van der Waals surface area contributed by atoms with Crippen LogP contribution in [0.4, 0.5) is 0 Å². The van der Waals surface area contributed by atoms with Crippen LogP contribution < -0.4 is 0 Å². The molecule has 0 heterocycles. The number of hydrogen-bond acceptors (Lipinski definition) is 0. The third-order valence-corrected chi connectivity index (χ3v) is 0. The summed E-state index contributed by atoms with van der Waals surface area (Å²) in [6.07, 6.45) is 0. The zero-order chi connectivity index (χ0) is 2.71. The zero-order valence-electron chi connectivity index (χ0n) is 2.71. The van der Waals surface area contributed by atoms with E-state index in [0.29, 0.717) is 14.4 Å². The van der Waals surface area contributed by atoms with Crippen molar-refractivity contribution in [1.82, 2.24) is 0 Å². The fraction of sp³-hybridized carbons (Fsp3) is 0. The third-order valence-electron chi connectivity index (χ3n) is 0. The second-order valence-electron chi connectivity index (χ2n) is 0.707. The second-order valence-corrected chi connectivity index (χ2v) is 6.36. The van der Waals surface area contributed by atoms with E-state index < -0.39 is 0 Å². The van der Waals surface area contributed by atoms with Gasteiger partial charge in [-0.3, -0.25) is 0 Å². The molecule has 0 aromatic carbocycles. The Balaban J connectivity index is 0. The van der Waals surface area contributed by atoms with Gasteiger partial charge >= 0.3 is 23.1 Å². The van der Waals surface area contributed by atoms with Gasteiger partial charge in [-0.25, -0.2) is 0 Å². The van der Waals surface area contributed by atoms with Crippen molar-refractivity contribution in [3.05, 3.63) is 0 Å². The summed E-state index contributed by atoms with van der Waals surface area (Å²) in [7, 11) is 1.51. The minimum absolute atomic E-state index is 0. The van der Waals surface area contributed by atoms with Crippen LogP contribution in [-0.4, -0.2) is 52.9 Å². The van der Waals surface area contributed by atoms with Crippen LogP contribution in [0.15, 0.2) is 0 Å². The second kappa shape index (κ2) is 8.82. The van der Waals surface area contributed by atoms with Crippen molar-refractivity contribution in [2.75, 3.05) is 0 Å². The normalized spacial score (nSPS) is 4.00. The molecule has 0 aromatic rings. The van der Waals surface area contributed by atoms with Crippen molar-refractivity contribution >= 4 is 52.9 Å². The molecule has 0 aliphatic carbocycles. The van der Waals surface area contributed by atoms with Gasteiger partial charge in [-0.15, -0.1) is 0 Å². The Morgan fingerprint density at radius 1 is 1.75 bits per heavy atom. The van der Waals surface area contributed by atoms with Gasteiger partial charge in [-0.05, 0) is 0 Å². The van der Waals surface area contributed by atoms with E-state index >= 15 is 0 Å². The largest absolute Gasteiger partial charge is 0.316 e. The topological polar surface area (TPSA) is 0 Å². The molecule has 0 fully saturated rings. The van der Waals surface area contributed by atoms with Crippen LogP contribution in [0.25, 0.3) is 0 Å². The smallest absolute Gasteiger partial charge is 0.0550 e. The van der Waals surface area contributed by atoms with Gasteiger partial charge in [0, 0.05) is 6.62 Å². The summed E-state index contributed by atoms with van der Waals surface area (Å²) in [4.78, 5) is 0. The molecule has 0 rings (SSSR count). The van der Waals surface area contributed by atoms with Crippen molar-refractivity contribution in [1.29, 1.82) is 0 Å². The van der Waals surface area contributed by atoms with E-state index in [1.54, 1.807) is 0 Å². The molecule has 0 bridgehead atoms. The van der Waals surface area contributed by atoms with Crippen molar-refractivity contribution < 1.29 is 0 Å². The molecule has 4 heavy (non-hydrogen) atoms. The summed E-state index contributed by atoms with van der Waals surface area (Å²) in [5, 5.41) is 0. The van der Waals surface area contributed by atoms with Crippen LogP contribution >= 0.6 is 0 Å². The minimum Gasteiger partial charge on any atom is -0.0550 e. The van der Waals surface area contributed by atoms with Crippen molar-refractivity contribution in [3.8, 4) is 0 Å². The van der Waals surface area contributed by atoms with E-state index in [9.17, 15) is 0 Å². The lowest BCUT2D eigenvalue weighted by Gasteiger charge is -1.33. The summed E-state index contributed by atoms with van der Waals surface area (Å²) in [5.41, 5.74) is 0. The first-order chi connectivity index (χ1) is 1.41.